The van der Waals surface area contributed by atoms with Crippen LogP contribution in [-0.2, 0) is 6.54 Å². The van der Waals surface area contributed by atoms with Crippen molar-refractivity contribution in [3.63, 3.8) is 0 Å². The molecule has 1 heterocycles. The summed E-state index contributed by atoms with van der Waals surface area (Å²) in [7, 11) is 1.68. The van der Waals surface area contributed by atoms with Gasteiger partial charge in [0.25, 0.3) is 0 Å². The lowest BCUT2D eigenvalue weighted by Gasteiger charge is -2.14. The summed E-state index contributed by atoms with van der Waals surface area (Å²) in [5, 5.41) is 19.6. The van der Waals surface area contributed by atoms with Gasteiger partial charge in [-0.1, -0.05) is 23.4 Å². The fourth-order valence-corrected chi connectivity index (χ4v) is 2.26. The van der Waals surface area contributed by atoms with Gasteiger partial charge >= 0.3 is 0 Å². The van der Waals surface area contributed by atoms with E-state index in [1.165, 1.54) is 16.3 Å². The molecule has 0 amide bonds. The maximum atomic E-state index is 5.24. The van der Waals surface area contributed by atoms with E-state index in [1.54, 1.807) is 7.11 Å². The van der Waals surface area contributed by atoms with E-state index in [9.17, 15) is 0 Å². The molecule has 0 spiro atoms. The minimum atomic E-state index is 0.204. The largest absolute Gasteiger partial charge is 0.497 e. The average Bonchev–Trinajstić information content (AvgIpc) is 3.05. The Morgan fingerprint density at radius 1 is 1.19 bits per heavy atom. The third-order valence-electron chi connectivity index (χ3n) is 3.53. The second kappa shape index (κ2) is 5.88. The first kappa shape index (κ1) is 13.5. The van der Waals surface area contributed by atoms with Crippen LogP contribution in [0.25, 0.3) is 10.8 Å². The Bertz CT molecular complexity index is 726. The van der Waals surface area contributed by atoms with Gasteiger partial charge in [-0.2, -0.15) is 5.21 Å². The molecular formula is C15H17N5O. The van der Waals surface area contributed by atoms with Gasteiger partial charge in [-0.05, 0) is 41.5 Å². The Balaban J connectivity index is 1.76. The van der Waals surface area contributed by atoms with Crippen LogP contribution in [-0.4, -0.2) is 27.7 Å². The molecule has 3 aromatic rings. The third kappa shape index (κ3) is 3.00. The van der Waals surface area contributed by atoms with Crippen molar-refractivity contribution >= 4 is 10.8 Å². The topological polar surface area (TPSA) is 75.7 Å². The van der Waals surface area contributed by atoms with Crippen LogP contribution in [0.1, 0.15) is 24.4 Å². The first-order chi connectivity index (χ1) is 10.3. The molecule has 6 nitrogen and oxygen atoms in total. The number of tetrazole rings is 1. The summed E-state index contributed by atoms with van der Waals surface area (Å²) >= 11 is 0. The summed E-state index contributed by atoms with van der Waals surface area (Å²) in [4.78, 5) is 0. The van der Waals surface area contributed by atoms with Crippen LogP contribution in [0.2, 0.25) is 0 Å². The molecule has 2 aromatic carbocycles. The van der Waals surface area contributed by atoms with Crippen LogP contribution >= 0.6 is 0 Å². The fraction of sp³-hybridized carbons (Fsp3) is 0.267. The second-order valence-corrected chi connectivity index (χ2v) is 4.90. The average molecular weight is 283 g/mol. The number of H-pyrrole nitrogens is 1. The summed E-state index contributed by atoms with van der Waals surface area (Å²) in [6.45, 7) is 2.70. The number of hydrogen-bond acceptors (Lipinski definition) is 5. The summed E-state index contributed by atoms with van der Waals surface area (Å²) in [5.74, 6) is 1.53. The number of hydrogen-bond donors (Lipinski definition) is 2. The van der Waals surface area contributed by atoms with E-state index in [4.69, 9.17) is 4.74 Å². The molecule has 0 radical (unpaired) electrons. The molecule has 1 unspecified atom stereocenters. The quantitative estimate of drug-likeness (QED) is 0.751. The zero-order chi connectivity index (χ0) is 14.7. The fourth-order valence-electron chi connectivity index (χ4n) is 2.26. The Kier molecular flexibility index (Phi) is 3.79. The van der Waals surface area contributed by atoms with Gasteiger partial charge in [-0.3, -0.25) is 0 Å². The van der Waals surface area contributed by atoms with Crippen molar-refractivity contribution in [1.29, 1.82) is 0 Å². The van der Waals surface area contributed by atoms with Crippen molar-refractivity contribution in [2.24, 2.45) is 0 Å². The molecule has 0 aliphatic heterocycles. The number of rotatable bonds is 5. The molecule has 21 heavy (non-hydrogen) atoms. The molecule has 1 atom stereocenters. The SMILES string of the molecule is COc1ccc2cc(C(C)NCc3nn[nH]n3)ccc2c1. The second-order valence-electron chi connectivity index (χ2n) is 4.90. The van der Waals surface area contributed by atoms with Gasteiger partial charge in [-0.15, -0.1) is 10.2 Å². The number of fused-ring (bicyclic) bond motifs is 1. The summed E-state index contributed by atoms with van der Waals surface area (Å²) < 4.78 is 5.24. The predicted octanol–water partition coefficient (Wildman–Crippen LogP) is 2.21. The van der Waals surface area contributed by atoms with Gasteiger partial charge in [-0.25, -0.2) is 0 Å². The Labute approximate surface area is 122 Å². The lowest BCUT2D eigenvalue weighted by atomic mass is 10.0. The zero-order valence-electron chi connectivity index (χ0n) is 12.0. The Morgan fingerprint density at radius 3 is 2.76 bits per heavy atom. The number of methoxy groups -OCH3 is 1. The molecule has 2 N–H and O–H groups in total. The number of ether oxygens (including phenoxy) is 1. The monoisotopic (exact) mass is 283 g/mol. The minimum absolute atomic E-state index is 0.204. The van der Waals surface area contributed by atoms with Gasteiger partial charge in [0, 0.05) is 6.04 Å². The minimum Gasteiger partial charge on any atom is -0.497 e. The van der Waals surface area contributed by atoms with Crippen molar-refractivity contribution in [2.75, 3.05) is 7.11 Å². The third-order valence-corrected chi connectivity index (χ3v) is 3.53. The standard InChI is InChI=1S/C15H17N5O/c1-10(16-9-15-17-19-20-18-15)11-3-4-13-8-14(21-2)6-5-12(13)7-11/h3-8,10,16H,9H2,1-2H3,(H,17,18,19,20). The van der Waals surface area contributed by atoms with E-state index in [2.05, 4.69) is 57.1 Å². The van der Waals surface area contributed by atoms with E-state index >= 15 is 0 Å². The predicted molar refractivity (Wildman–Crippen MR) is 79.9 cm³/mol. The summed E-state index contributed by atoms with van der Waals surface area (Å²) in [5.41, 5.74) is 1.22. The maximum absolute atomic E-state index is 5.24. The van der Waals surface area contributed by atoms with Gasteiger partial charge in [0.05, 0.1) is 13.7 Å². The van der Waals surface area contributed by atoms with Crippen LogP contribution in [0, 0.1) is 0 Å². The Hall–Kier alpha value is -2.47. The van der Waals surface area contributed by atoms with Crippen molar-refractivity contribution in [3.05, 3.63) is 47.8 Å². The normalized spacial score (nSPS) is 12.5. The van der Waals surface area contributed by atoms with E-state index in [0.29, 0.717) is 12.4 Å². The molecular weight excluding hydrogens is 266 g/mol. The maximum Gasteiger partial charge on any atom is 0.188 e. The molecule has 0 bridgehead atoms. The number of benzene rings is 2. The van der Waals surface area contributed by atoms with E-state index in [1.807, 2.05) is 12.1 Å². The molecule has 108 valence electrons. The number of nitrogens with one attached hydrogen (secondary N) is 2. The van der Waals surface area contributed by atoms with Crippen molar-refractivity contribution in [1.82, 2.24) is 25.9 Å². The van der Waals surface area contributed by atoms with Crippen molar-refractivity contribution < 1.29 is 4.74 Å². The highest BCUT2D eigenvalue weighted by molar-refractivity contribution is 5.84. The lowest BCUT2D eigenvalue weighted by Crippen LogP contribution is -2.18. The molecule has 0 aliphatic carbocycles. The number of aromatic nitrogens is 4. The first-order valence-corrected chi connectivity index (χ1v) is 6.79. The van der Waals surface area contributed by atoms with Gasteiger partial charge in [0.2, 0.25) is 0 Å². The van der Waals surface area contributed by atoms with Crippen LogP contribution in [0.4, 0.5) is 0 Å². The lowest BCUT2D eigenvalue weighted by molar-refractivity contribution is 0.415. The zero-order valence-corrected chi connectivity index (χ0v) is 12.0. The highest BCUT2D eigenvalue weighted by atomic mass is 16.5. The summed E-state index contributed by atoms with van der Waals surface area (Å²) in [6, 6.07) is 12.7. The van der Waals surface area contributed by atoms with E-state index in [-0.39, 0.29) is 6.04 Å². The van der Waals surface area contributed by atoms with Crippen LogP contribution in [0.15, 0.2) is 36.4 Å². The smallest absolute Gasteiger partial charge is 0.188 e. The van der Waals surface area contributed by atoms with Crippen LogP contribution in [0.3, 0.4) is 0 Å². The van der Waals surface area contributed by atoms with Crippen LogP contribution in [0.5, 0.6) is 5.75 Å². The van der Waals surface area contributed by atoms with Gasteiger partial charge < -0.3 is 10.1 Å². The van der Waals surface area contributed by atoms with Crippen molar-refractivity contribution in [2.45, 2.75) is 19.5 Å². The molecule has 0 saturated heterocycles. The molecule has 0 saturated carbocycles. The van der Waals surface area contributed by atoms with Crippen LogP contribution < -0.4 is 10.1 Å². The first-order valence-electron chi connectivity index (χ1n) is 6.79. The Morgan fingerprint density at radius 2 is 2.00 bits per heavy atom. The highest BCUT2D eigenvalue weighted by Crippen LogP contribution is 2.24. The van der Waals surface area contributed by atoms with Gasteiger partial charge in [0.15, 0.2) is 5.82 Å². The molecule has 1 aromatic heterocycles. The molecule has 3 rings (SSSR count). The highest BCUT2D eigenvalue weighted by Gasteiger charge is 2.07. The van der Waals surface area contributed by atoms with Gasteiger partial charge in [0.1, 0.15) is 5.75 Å². The number of aromatic amines is 1. The molecule has 0 fully saturated rings. The van der Waals surface area contributed by atoms with Crippen molar-refractivity contribution in [3.8, 4) is 5.75 Å². The van der Waals surface area contributed by atoms with E-state index < -0.39 is 0 Å². The summed E-state index contributed by atoms with van der Waals surface area (Å²) in [6.07, 6.45) is 0. The molecule has 6 heteroatoms. The van der Waals surface area contributed by atoms with E-state index in [0.717, 1.165) is 5.75 Å². The number of nitrogens with zero attached hydrogens (tertiary/aromatic N) is 3. The molecule has 0 aliphatic rings.